The first-order chi connectivity index (χ1) is 9.36. The Labute approximate surface area is 121 Å². The lowest BCUT2D eigenvalue weighted by Gasteiger charge is -2.07. The summed E-state index contributed by atoms with van der Waals surface area (Å²) in [6.45, 7) is 1.94. The largest absolute Gasteiger partial charge is 0.384 e. The first kappa shape index (κ1) is 14.1. The first-order valence-corrected chi connectivity index (χ1v) is 6.30. The molecule has 0 fully saturated rings. The van der Waals surface area contributed by atoms with E-state index in [4.69, 9.17) is 5.73 Å². The van der Waals surface area contributed by atoms with Gasteiger partial charge in [-0.05, 0) is 22.9 Å². The number of hydrogen-bond donors (Lipinski definition) is 1. The molecule has 9 heteroatoms. The Morgan fingerprint density at radius 1 is 1.45 bits per heavy atom. The highest BCUT2D eigenvalue weighted by atomic mass is 79.9. The Morgan fingerprint density at radius 2 is 2.15 bits per heavy atom. The molecule has 0 spiro atoms. The van der Waals surface area contributed by atoms with Crippen molar-refractivity contribution in [3.63, 3.8) is 0 Å². The predicted octanol–water partition coefficient (Wildman–Crippen LogP) is 1.25. The number of rotatable bonds is 3. The van der Waals surface area contributed by atoms with Crippen molar-refractivity contribution < 1.29 is 4.92 Å². The van der Waals surface area contributed by atoms with E-state index in [1.807, 2.05) is 0 Å². The van der Waals surface area contributed by atoms with Crippen LogP contribution in [0.3, 0.4) is 0 Å². The summed E-state index contributed by atoms with van der Waals surface area (Å²) in [5.74, 6) is 0.731. The zero-order valence-electron chi connectivity index (χ0n) is 10.4. The van der Waals surface area contributed by atoms with Crippen LogP contribution in [-0.2, 0) is 6.54 Å². The Morgan fingerprint density at radius 3 is 2.75 bits per heavy atom. The molecule has 20 heavy (non-hydrogen) atoms. The Bertz CT molecular complexity index is 723. The van der Waals surface area contributed by atoms with E-state index in [1.54, 1.807) is 13.0 Å². The maximum atomic E-state index is 11.6. The van der Waals surface area contributed by atoms with Gasteiger partial charge in [-0.3, -0.25) is 14.9 Å². The molecular formula is C11H10BrN5O3. The molecule has 2 aromatic rings. The molecular weight excluding hydrogens is 330 g/mol. The van der Waals surface area contributed by atoms with Crippen LogP contribution in [0.1, 0.15) is 11.5 Å². The molecule has 2 heterocycles. The van der Waals surface area contributed by atoms with Crippen molar-refractivity contribution in [1.29, 1.82) is 0 Å². The van der Waals surface area contributed by atoms with Gasteiger partial charge in [0.05, 0.1) is 22.1 Å². The zero-order chi connectivity index (χ0) is 14.9. The number of aryl methyl sites for hydroxylation is 1. The average Bonchev–Trinajstić information content (AvgIpc) is 2.31. The fraction of sp³-hybridized carbons (Fsp3) is 0.182. The normalized spacial score (nSPS) is 10.5. The number of nitrogens with two attached hydrogens (primary N) is 1. The SMILES string of the molecule is Cc1cc(N)nc(Cn2cc(Br)c(=O)c([N+](=O)[O-])c2)n1. The van der Waals surface area contributed by atoms with Crippen LogP contribution in [0, 0.1) is 17.0 Å². The van der Waals surface area contributed by atoms with Gasteiger partial charge in [-0.2, -0.15) is 0 Å². The molecule has 0 unspecified atom stereocenters. The molecule has 0 amide bonds. The highest BCUT2D eigenvalue weighted by molar-refractivity contribution is 9.10. The molecule has 0 aromatic carbocycles. The molecule has 0 radical (unpaired) electrons. The van der Waals surface area contributed by atoms with Crippen molar-refractivity contribution in [3.8, 4) is 0 Å². The molecule has 2 N–H and O–H groups in total. The summed E-state index contributed by atoms with van der Waals surface area (Å²) in [6.07, 6.45) is 2.59. The van der Waals surface area contributed by atoms with Gasteiger partial charge in [0.2, 0.25) is 0 Å². The van der Waals surface area contributed by atoms with Gasteiger partial charge in [-0.25, -0.2) is 9.97 Å². The number of nitrogens with zero attached hydrogens (tertiary/aromatic N) is 4. The molecule has 0 aliphatic rings. The smallest absolute Gasteiger partial charge is 0.333 e. The van der Waals surface area contributed by atoms with Crippen molar-refractivity contribution >= 4 is 27.4 Å². The minimum Gasteiger partial charge on any atom is -0.384 e. The molecule has 0 bridgehead atoms. The second kappa shape index (κ2) is 5.37. The number of aromatic nitrogens is 3. The summed E-state index contributed by atoms with van der Waals surface area (Å²) in [4.78, 5) is 29.9. The molecule has 0 atom stereocenters. The van der Waals surface area contributed by atoms with Gasteiger partial charge in [0.1, 0.15) is 5.82 Å². The molecule has 0 aliphatic heterocycles. The molecule has 104 valence electrons. The summed E-state index contributed by atoms with van der Waals surface area (Å²) >= 11 is 3.00. The van der Waals surface area contributed by atoms with Gasteiger partial charge in [0.15, 0.2) is 5.82 Å². The molecule has 8 nitrogen and oxygen atoms in total. The average molecular weight is 340 g/mol. The third-order valence-corrected chi connectivity index (χ3v) is 3.02. The van der Waals surface area contributed by atoms with Crippen LogP contribution in [0.4, 0.5) is 11.5 Å². The standard InChI is InChI=1S/C11H10BrN5O3/c1-6-2-9(13)15-10(14-6)5-16-3-7(12)11(18)8(4-16)17(19)20/h2-4H,5H2,1H3,(H2,13,14,15). The summed E-state index contributed by atoms with van der Waals surface area (Å²) in [7, 11) is 0. The predicted molar refractivity (Wildman–Crippen MR) is 75.3 cm³/mol. The van der Waals surface area contributed by atoms with Gasteiger partial charge in [-0.15, -0.1) is 0 Å². The van der Waals surface area contributed by atoms with Crippen molar-refractivity contribution in [2.75, 3.05) is 5.73 Å². The van der Waals surface area contributed by atoms with Crippen LogP contribution < -0.4 is 11.2 Å². The quantitative estimate of drug-likeness (QED) is 0.664. The lowest BCUT2D eigenvalue weighted by Crippen LogP contribution is -2.15. The number of hydrogen-bond acceptors (Lipinski definition) is 6. The minimum atomic E-state index is -0.727. The molecule has 0 saturated heterocycles. The Kier molecular flexibility index (Phi) is 3.79. The summed E-state index contributed by atoms with van der Waals surface area (Å²) < 4.78 is 1.56. The maximum Gasteiger partial charge on any atom is 0.333 e. The van der Waals surface area contributed by atoms with Gasteiger partial charge >= 0.3 is 5.69 Å². The fourth-order valence-corrected chi connectivity index (χ4v) is 2.16. The van der Waals surface area contributed by atoms with Crippen LogP contribution in [0.15, 0.2) is 27.7 Å². The second-order valence-corrected chi connectivity index (χ2v) is 4.95. The maximum absolute atomic E-state index is 11.6. The lowest BCUT2D eigenvalue weighted by molar-refractivity contribution is -0.386. The van der Waals surface area contributed by atoms with Gasteiger partial charge in [0, 0.05) is 18.0 Å². The minimum absolute atomic E-state index is 0.104. The third-order valence-electron chi connectivity index (χ3n) is 2.46. The van der Waals surface area contributed by atoms with E-state index in [0.29, 0.717) is 17.3 Å². The van der Waals surface area contributed by atoms with E-state index < -0.39 is 16.0 Å². The highest BCUT2D eigenvalue weighted by Gasteiger charge is 2.16. The van der Waals surface area contributed by atoms with Gasteiger partial charge in [0.25, 0.3) is 5.43 Å². The van der Waals surface area contributed by atoms with Crippen LogP contribution in [0.5, 0.6) is 0 Å². The molecule has 2 aromatic heterocycles. The number of anilines is 1. The monoisotopic (exact) mass is 339 g/mol. The first-order valence-electron chi connectivity index (χ1n) is 5.51. The van der Waals surface area contributed by atoms with E-state index in [0.717, 1.165) is 6.20 Å². The van der Waals surface area contributed by atoms with Crippen molar-refractivity contribution in [2.45, 2.75) is 13.5 Å². The number of nitro groups is 1. The van der Waals surface area contributed by atoms with Crippen molar-refractivity contribution in [3.05, 3.63) is 54.8 Å². The fourth-order valence-electron chi connectivity index (χ4n) is 1.69. The summed E-state index contributed by atoms with van der Waals surface area (Å²) in [6, 6.07) is 1.62. The van der Waals surface area contributed by atoms with E-state index in [2.05, 4.69) is 25.9 Å². The second-order valence-electron chi connectivity index (χ2n) is 4.10. The Balaban J connectivity index is 2.44. The van der Waals surface area contributed by atoms with E-state index in [1.165, 1.54) is 10.8 Å². The highest BCUT2D eigenvalue weighted by Crippen LogP contribution is 2.12. The lowest BCUT2D eigenvalue weighted by atomic mass is 10.3. The summed E-state index contributed by atoms with van der Waals surface area (Å²) in [5, 5.41) is 10.8. The molecule has 0 aliphatic carbocycles. The molecule has 2 rings (SSSR count). The third kappa shape index (κ3) is 2.99. The molecule has 0 saturated carbocycles. The van der Waals surface area contributed by atoms with Crippen LogP contribution in [0.2, 0.25) is 0 Å². The van der Waals surface area contributed by atoms with Crippen molar-refractivity contribution in [2.24, 2.45) is 0 Å². The van der Waals surface area contributed by atoms with E-state index >= 15 is 0 Å². The van der Waals surface area contributed by atoms with Crippen molar-refractivity contribution in [1.82, 2.24) is 14.5 Å². The number of pyridine rings is 1. The van der Waals surface area contributed by atoms with Gasteiger partial charge in [-0.1, -0.05) is 0 Å². The van der Waals surface area contributed by atoms with Crippen LogP contribution in [-0.4, -0.2) is 19.5 Å². The zero-order valence-corrected chi connectivity index (χ0v) is 12.0. The summed E-state index contributed by atoms with van der Waals surface area (Å²) in [5.41, 5.74) is 5.13. The van der Waals surface area contributed by atoms with Crippen LogP contribution >= 0.6 is 15.9 Å². The van der Waals surface area contributed by atoms with E-state index in [9.17, 15) is 14.9 Å². The number of halogens is 1. The van der Waals surface area contributed by atoms with Gasteiger partial charge < -0.3 is 10.3 Å². The van der Waals surface area contributed by atoms with Crippen LogP contribution in [0.25, 0.3) is 0 Å². The Hall–Kier alpha value is -2.29. The van der Waals surface area contributed by atoms with E-state index in [-0.39, 0.29) is 11.0 Å². The topological polar surface area (TPSA) is 117 Å². The number of nitrogen functional groups attached to an aromatic ring is 1.